The molecule has 1 aromatic heterocycles. The number of carbonyl (C=O) groups excluding carboxylic acids is 1. The fourth-order valence-electron chi connectivity index (χ4n) is 4.10. The highest BCUT2D eigenvalue weighted by Crippen LogP contribution is 2.24. The maximum atomic E-state index is 13.0. The van der Waals surface area contributed by atoms with Gasteiger partial charge >= 0.3 is 0 Å². The molecule has 1 aromatic carbocycles. The molecule has 2 heterocycles. The molecular formula is C23H35N5O2. The Balaban J connectivity index is 1.60. The zero-order valence-corrected chi connectivity index (χ0v) is 18.5. The van der Waals surface area contributed by atoms with Crippen molar-refractivity contribution in [2.75, 3.05) is 53.9 Å². The second-order valence-electron chi connectivity index (χ2n) is 8.40. The van der Waals surface area contributed by atoms with E-state index in [1.54, 1.807) is 18.0 Å². The lowest BCUT2D eigenvalue weighted by molar-refractivity contribution is -0.133. The first-order valence-electron chi connectivity index (χ1n) is 10.8. The van der Waals surface area contributed by atoms with E-state index in [1.165, 1.54) is 5.56 Å². The van der Waals surface area contributed by atoms with E-state index in [4.69, 9.17) is 4.74 Å². The fourth-order valence-corrected chi connectivity index (χ4v) is 4.10. The maximum Gasteiger partial charge on any atom is 0.244 e. The molecule has 0 radical (unpaired) electrons. The molecule has 0 bridgehead atoms. The zero-order chi connectivity index (χ0) is 21.3. The van der Waals surface area contributed by atoms with Crippen molar-refractivity contribution in [1.82, 2.24) is 24.5 Å². The van der Waals surface area contributed by atoms with E-state index in [9.17, 15) is 4.79 Å². The average molecular weight is 414 g/mol. The summed E-state index contributed by atoms with van der Waals surface area (Å²) in [6.45, 7) is 5.70. The van der Waals surface area contributed by atoms with Crippen LogP contribution in [0.2, 0.25) is 0 Å². The summed E-state index contributed by atoms with van der Waals surface area (Å²) in [4.78, 5) is 19.6. The summed E-state index contributed by atoms with van der Waals surface area (Å²) in [5.74, 6) is 1.57. The van der Waals surface area contributed by atoms with E-state index in [0.29, 0.717) is 12.5 Å². The van der Waals surface area contributed by atoms with Crippen LogP contribution in [0.15, 0.2) is 42.7 Å². The van der Waals surface area contributed by atoms with Crippen LogP contribution in [0, 0.1) is 5.92 Å². The summed E-state index contributed by atoms with van der Waals surface area (Å²) in [5, 5.41) is 4.19. The van der Waals surface area contributed by atoms with Crippen molar-refractivity contribution in [2.24, 2.45) is 5.92 Å². The van der Waals surface area contributed by atoms with Crippen molar-refractivity contribution in [3.8, 4) is 5.75 Å². The highest BCUT2D eigenvalue weighted by atomic mass is 16.5. The van der Waals surface area contributed by atoms with Crippen molar-refractivity contribution in [3.05, 3.63) is 48.3 Å². The van der Waals surface area contributed by atoms with Crippen LogP contribution in [0.5, 0.6) is 5.75 Å². The Bertz CT molecular complexity index is 778. The number of rotatable bonds is 10. The summed E-state index contributed by atoms with van der Waals surface area (Å²) in [6.07, 6.45) is 5.89. The number of benzene rings is 1. The molecule has 1 saturated heterocycles. The first kappa shape index (κ1) is 22.3. The summed E-state index contributed by atoms with van der Waals surface area (Å²) in [7, 11) is 5.82. The standard InChI is InChI=1S/C23H35N5O2/c1-25(2)14-15-27(23(29)19-28-13-7-11-24-28)17-20-8-6-12-26(16-20)18-21-9-4-5-10-22(21)30-3/h4-5,7,9-11,13,20H,6,8,12,14-19H2,1-3H3/t20-/m1/s1. The van der Waals surface area contributed by atoms with Crippen LogP contribution in [-0.2, 0) is 17.9 Å². The Labute approximate surface area is 180 Å². The molecule has 0 saturated carbocycles. The van der Waals surface area contributed by atoms with Gasteiger partial charge in [-0.15, -0.1) is 0 Å². The third kappa shape index (κ3) is 6.57. The van der Waals surface area contributed by atoms with Gasteiger partial charge in [0, 0.05) is 50.7 Å². The zero-order valence-electron chi connectivity index (χ0n) is 18.5. The highest BCUT2D eigenvalue weighted by molar-refractivity contribution is 5.75. The minimum atomic E-state index is 0.141. The molecule has 3 rings (SSSR count). The Kier molecular flexibility index (Phi) is 8.28. The number of likely N-dealkylation sites (tertiary alicyclic amines) is 1. The molecule has 0 N–H and O–H groups in total. The molecule has 30 heavy (non-hydrogen) atoms. The topological polar surface area (TPSA) is 53.8 Å². The molecule has 164 valence electrons. The number of aromatic nitrogens is 2. The molecule has 0 unspecified atom stereocenters. The number of amides is 1. The summed E-state index contributed by atoms with van der Waals surface area (Å²) >= 11 is 0. The molecule has 7 heteroatoms. The molecule has 1 amide bonds. The SMILES string of the molecule is COc1ccccc1CN1CCC[C@@H](CN(CCN(C)C)C(=O)Cn2cccn2)C1. The number of methoxy groups -OCH3 is 1. The minimum absolute atomic E-state index is 0.141. The van der Waals surface area contributed by atoms with Gasteiger partial charge in [-0.3, -0.25) is 14.4 Å². The van der Waals surface area contributed by atoms with Crippen molar-refractivity contribution in [1.29, 1.82) is 0 Å². The number of hydrogen-bond donors (Lipinski definition) is 0. The van der Waals surface area contributed by atoms with E-state index in [0.717, 1.165) is 57.9 Å². The van der Waals surface area contributed by atoms with E-state index < -0.39 is 0 Å². The smallest absolute Gasteiger partial charge is 0.244 e. The van der Waals surface area contributed by atoms with Gasteiger partial charge in [-0.25, -0.2) is 0 Å². The fraction of sp³-hybridized carbons (Fsp3) is 0.565. The Hall–Kier alpha value is -2.38. The molecule has 0 aliphatic carbocycles. The van der Waals surface area contributed by atoms with Crippen molar-refractivity contribution in [3.63, 3.8) is 0 Å². The Morgan fingerprint density at radius 3 is 2.80 bits per heavy atom. The second-order valence-corrected chi connectivity index (χ2v) is 8.40. The monoisotopic (exact) mass is 413 g/mol. The van der Waals surface area contributed by atoms with Gasteiger partial charge in [0.15, 0.2) is 0 Å². The van der Waals surface area contributed by atoms with E-state index in [-0.39, 0.29) is 5.91 Å². The van der Waals surface area contributed by atoms with Gasteiger partial charge in [0.1, 0.15) is 12.3 Å². The molecular weight excluding hydrogens is 378 g/mol. The number of likely N-dealkylation sites (N-methyl/N-ethyl adjacent to an activating group) is 1. The molecule has 1 aliphatic rings. The predicted octanol–water partition coefficient (Wildman–Crippen LogP) is 2.19. The van der Waals surface area contributed by atoms with Crippen molar-refractivity contribution < 1.29 is 9.53 Å². The van der Waals surface area contributed by atoms with Gasteiger partial charge in [0.2, 0.25) is 5.91 Å². The lowest BCUT2D eigenvalue weighted by atomic mass is 9.96. The van der Waals surface area contributed by atoms with Gasteiger partial charge in [-0.2, -0.15) is 5.10 Å². The number of nitrogens with zero attached hydrogens (tertiary/aromatic N) is 5. The minimum Gasteiger partial charge on any atom is -0.496 e. The van der Waals surface area contributed by atoms with Gasteiger partial charge < -0.3 is 14.5 Å². The summed E-state index contributed by atoms with van der Waals surface area (Å²) in [6, 6.07) is 10.1. The van der Waals surface area contributed by atoms with E-state index in [2.05, 4.69) is 27.0 Å². The predicted molar refractivity (Wildman–Crippen MR) is 118 cm³/mol. The van der Waals surface area contributed by atoms with Crippen LogP contribution in [0.3, 0.4) is 0 Å². The lowest BCUT2D eigenvalue weighted by Crippen LogP contribution is -2.45. The molecule has 1 atom stereocenters. The highest BCUT2D eigenvalue weighted by Gasteiger charge is 2.25. The van der Waals surface area contributed by atoms with Gasteiger partial charge in [0.05, 0.1) is 7.11 Å². The molecule has 7 nitrogen and oxygen atoms in total. The lowest BCUT2D eigenvalue weighted by Gasteiger charge is -2.36. The molecule has 1 fully saturated rings. The number of hydrogen-bond acceptors (Lipinski definition) is 5. The van der Waals surface area contributed by atoms with Gasteiger partial charge in [-0.05, 0) is 51.5 Å². The number of carbonyl (C=O) groups is 1. The van der Waals surface area contributed by atoms with Crippen LogP contribution >= 0.6 is 0 Å². The van der Waals surface area contributed by atoms with Crippen LogP contribution in [0.1, 0.15) is 18.4 Å². The van der Waals surface area contributed by atoms with E-state index >= 15 is 0 Å². The molecule has 0 spiro atoms. The maximum absolute atomic E-state index is 13.0. The average Bonchev–Trinajstić information content (AvgIpc) is 3.24. The van der Waals surface area contributed by atoms with Gasteiger partial charge in [0.25, 0.3) is 0 Å². The first-order valence-corrected chi connectivity index (χ1v) is 10.8. The summed E-state index contributed by atoms with van der Waals surface area (Å²) < 4.78 is 7.23. The number of ether oxygens (including phenoxy) is 1. The van der Waals surface area contributed by atoms with Crippen LogP contribution in [-0.4, -0.2) is 84.3 Å². The van der Waals surface area contributed by atoms with Crippen molar-refractivity contribution in [2.45, 2.75) is 25.9 Å². The van der Waals surface area contributed by atoms with Crippen LogP contribution in [0.4, 0.5) is 0 Å². The quantitative estimate of drug-likeness (QED) is 0.598. The largest absolute Gasteiger partial charge is 0.496 e. The van der Waals surface area contributed by atoms with Crippen LogP contribution < -0.4 is 4.74 Å². The van der Waals surface area contributed by atoms with Crippen molar-refractivity contribution >= 4 is 5.91 Å². The number of piperidine rings is 1. The Morgan fingerprint density at radius 1 is 1.23 bits per heavy atom. The molecule has 2 aromatic rings. The first-order chi connectivity index (χ1) is 14.5. The summed E-state index contributed by atoms with van der Waals surface area (Å²) in [5.41, 5.74) is 1.22. The van der Waals surface area contributed by atoms with Crippen LogP contribution in [0.25, 0.3) is 0 Å². The third-order valence-electron chi connectivity index (χ3n) is 5.69. The van der Waals surface area contributed by atoms with Gasteiger partial charge in [-0.1, -0.05) is 18.2 Å². The normalized spacial score (nSPS) is 17.3. The second kappa shape index (κ2) is 11.1. The van der Waals surface area contributed by atoms with E-state index in [1.807, 2.05) is 43.4 Å². The molecule has 1 aliphatic heterocycles. The Morgan fingerprint density at radius 2 is 2.07 bits per heavy atom. The number of para-hydroxylation sites is 1. The third-order valence-corrected chi connectivity index (χ3v) is 5.69.